The number of amides is 2. The molecule has 0 aliphatic rings. The van der Waals surface area contributed by atoms with Gasteiger partial charge < -0.3 is 25.6 Å². The minimum Gasteiger partial charge on any atom is -0.480 e. The van der Waals surface area contributed by atoms with Gasteiger partial charge >= 0.3 is 11.9 Å². The lowest BCUT2D eigenvalue weighted by atomic mass is 10.1. The molecule has 0 heterocycles. The Labute approximate surface area is 326 Å². The predicted octanol–water partition coefficient (Wildman–Crippen LogP) is 9.70. The molecule has 304 valence electrons. The van der Waals surface area contributed by atoms with Gasteiger partial charge in [0.25, 0.3) is 0 Å². The number of carbonyl (C=O) groups excluding carboxylic acids is 3. The molecular formula is C45H72N2O7. The summed E-state index contributed by atoms with van der Waals surface area (Å²) in [4.78, 5) is 47.5. The molecule has 54 heavy (non-hydrogen) atoms. The maximum Gasteiger partial charge on any atom is 0.328 e. The topological polar surface area (TPSA) is 142 Å². The second-order valence-corrected chi connectivity index (χ2v) is 13.3. The molecule has 0 saturated heterocycles. The first-order valence-electron chi connectivity index (χ1n) is 20.5. The standard InChI is InChI=1S/C45H72N2O7/c1-3-5-7-9-11-13-14-15-16-17-18-19-20-21-22-23-25-27-33-37-44(51)54-40(34-30-26-24-12-10-8-6-4-2)35-31-28-29-32-36-42(49)46-38-43(50)47-41(39-48)45(52)53/h5-8,11-13,15-16,18-19,24,30,34,40-41,48H,3-4,9-10,14,17,20-23,25-29,31-33,35-39H2,1-2H3,(H,46,49)(H,47,50)(H,52,53)/b7-5-,8-6-,13-11-,16-15-,19-18-,24-12-,34-30-. The van der Waals surface area contributed by atoms with Crippen LogP contribution in [0.5, 0.6) is 0 Å². The van der Waals surface area contributed by atoms with E-state index in [1.807, 2.05) is 6.08 Å². The minimum absolute atomic E-state index is 0.154. The van der Waals surface area contributed by atoms with Crippen molar-refractivity contribution in [3.63, 3.8) is 0 Å². The van der Waals surface area contributed by atoms with Crippen LogP contribution in [0.3, 0.4) is 0 Å². The zero-order valence-corrected chi connectivity index (χ0v) is 33.4. The molecule has 0 radical (unpaired) electrons. The van der Waals surface area contributed by atoms with Gasteiger partial charge in [0.1, 0.15) is 12.1 Å². The van der Waals surface area contributed by atoms with E-state index < -0.39 is 24.5 Å². The van der Waals surface area contributed by atoms with Gasteiger partial charge in [-0.2, -0.15) is 0 Å². The maximum atomic E-state index is 12.7. The Morgan fingerprint density at radius 3 is 1.61 bits per heavy atom. The number of allylic oxidation sites excluding steroid dienone is 13. The molecule has 0 saturated carbocycles. The van der Waals surface area contributed by atoms with Crippen LogP contribution >= 0.6 is 0 Å². The first kappa shape index (κ1) is 50.0. The van der Waals surface area contributed by atoms with E-state index in [0.717, 1.165) is 89.9 Å². The molecule has 2 unspecified atom stereocenters. The number of carboxylic acids is 1. The van der Waals surface area contributed by atoms with Crippen LogP contribution in [0.1, 0.15) is 149 Å². The van der Waals surface area contributed by atoms with E-state index in [-0.39, 0.29) is 30.9 Å². The van der Waals surface area contributed by atoms with Gasteiger partial charge in [-0.15, -0.1) is 0 Å². The molecule has 0 spiro atoms. The van der Waals surface area contributed by atoms with Crippen LogP contribution in [0, 0.1) is 0 Å². The Hall–Kier alpha value is -3.98. The van der Waals surface area contributed by atoms with E-state index >= 15 is 0 Å². The van der Waals surface area contributed by atoms with Gasteiger partial charge in [0.2, 0.25) is 11.8 Å². The highest BCUT2D eigenvalue weighted by molar-refractivity contribution is 5.87. The van der Waals surface area contributed by atoms with Crippen LogP contribution in [-0.4, -0.2) is 59.3 Å². The maximum absolute atomic E-state index is 12.7. The van der Waals surface area contributed by atoms with Crippen molar-refractivity contribution in [2.24, 2.45) is 0 Å². The second-order valence-electron chi connectivity index (χ2n) is 13.3. The first-order chi connectivity index (χ1) is 26.3. The van der Waals surface area contributed by atoms with Crippen molar-refractivity contribution in [2.45, 2.75) is 161 Å². The van der Waals surface area contributed by atoms with Crippen LogP contribution < -0.4 is 10.6 Å². The number of nitrogens with one attached hydrogen (secondary N) is 2. The molecule has 0 fully saturated rings. The average Bonchev–Trinajstić information content (AvgIpc) is 3.15. The number of carbonyl (C=O) groups is 4. The number of rotatable bonds is 35. The van der Waals surface area contributed by atoms with Gasteiger partial charge in [-0.05, 0) is 89.5 Å². The highest BCUT2D eigenvalue weighted by atomic mass is 16.5. The number of unbranched alkanes of at least 4 members (excludes halogenated alkanes) is 9. The molecular weight excluding hydrogens is 681 g/mol. The second kappa shape index (κ2) is 38.7. The number of carboxylic acid groups (broad SMARTS) is 1. The normalized spacial score (nSPS) is 13.4. The monoisotopic (exact) mass is 753 g/mol. The molecule has 0 aromatic heterocycles. The van der Waals surface area contributed by atoms with Crippen molar-refractivity contribution in [3.05, 3.63) is 85.1 Å². The Kier molecular flexibility index (Phi) is 35.9. The molecule has 4 N–H and O–H groups in total. The molecule has 0 aromatic rings. The molecule has 2 atom stereocenters. The summed E-state index contributed by atoms with van der Waals surface area (Å²) >= 11 is 0. The SMILES string of the molecule is CC/C=C\C/C=C\C/C=C\C/C=C\CCCCCCCCC(=O)OC(/C=C\C/C=C\C/C=C\CC)CCCCCCC(=O)NCC(=O)NC(CO)C(=O)O. The average molecular weight is 753 g/mol. The molecule has 2 amide bonds. The van der Waals surface area contributed by atoms with E-state index in [1.54, 1.807) is 0 Å². The lowest BCUT2D eigenvalue weighted by Crippen LogP contribution is -2.47. The Balaban J connectivity index is 4.32. The number of ether oxygens (including phenoxy) is 1. The highest BCUT2D eigenvalue weighted by Gasteiger charge is 2.18. The number of hydrogen-bond donors (Lipinski definition) is 4. The van der Waals surface area contributed by atoms with E-state index in [0.29, 0.717) is 19.3 Å². The minimum atomic E-state index is -1.40. The van der Waals surface area contributed by atoms with Crippen LogP contribution in [0.2, 0.25) is 0 Å². The van der Waals surface area contributed by atoms with Gasteiger partial charge in [-0.1, -0.05) is 131 Å². The number of esters is 1. The third kappa shape index (κ3) is 35.1. The van der Waals surface area contributed by atoms with Crippen molar-refractivity contribution in [2.75, 3.05) is 13.2 Å². The fourth-order valence-electron chi connectivity index (χ4n) is 5.28. The zero-order chi connectivity index (χ0) is 39.7. The molecule has 0 aliphatic carbocycles. The molecule has 9 nitrogen and oxygen atoms in total. The van der Waals surface area contributed by atoms with Gasteiger partial charge in [-0.3, -0.25) is 14.4 Å². The number of aliphatic carboxylic acids is 1. The molecule has 0 bridgehead atoms. The van der Waals surface area contributed by atoms with Gasteiger partial charge in [0, 0.05) is 12.8 Å². The van der Waals surface area contributed by atoms with Crippen molar-refractivity contribution < 1.29 is 34.1 Å². The van der Waals surface area contributed by atoms with Crippen LogP contribution in [0.15, 0.2) is 85.1 Å². The van der Waals surface area contributed by atoms with E-state index in [9.17, 15) is 19.2 Å². The lowest BCUT2D eigenvalue weighted by Gasteiger charge is -2.15. The molecule has 0 aliphatic heterocycles. The summed E-state index contributed by atoms with van der Waals surface area (Å²) in [5, 5.41) is 22.5. The van der Waals surface area contributed by atoms with E-state index in [1.165, 1.54) is 19.3 Å². The highest BCUT2D eigenvalue weighted by Crippen LogP contribution is 2.14. The number of hydrogen-bond acceptors (Lipinski definition) is 6. The van der Waals surface area contributed by atoms with Crippen LogP contribution in [0.4, 0.5) is 0 Å². The van der Waals surface area contributed by atoms with Crippen molar-refractivity contribution in [1.82, 2.24) is 10.6 Å². The fraction of sp³-hybridized carbons (Fsp3) is 0.600. The summed E-state index contributed by atoms with van der Waals surface area (Å²) in [7, 11) is 0. The fourth-order valence-corrected chi connectivity index (χ4v) is 5.28. The van der Waals surface area contributed by atoms with Crippen LogP contribution in [-0.2, 0) is 23.9 Å². The summed E-state index contributed by atoms with van der Waals surface area (Å²) in [6, 6.07) is -1.40. The Morgan fingerprint density at radius 1 is 0.574 bits per heavy atom. The van der Waals surface area contributed by atoms with Crippen LogP contribution in [0.25, 0.3) is 0 Å². The van der Waals surface area contributed by atoms with Gasteiger partial charge in [0.15, 0.2) is 0 Å². The molecule has 0 aromatic carbocycles. The van der Waals surface area contributed by atoms with Gasteiger partial charge in [-0.25, -0.2) is 4.79 Å². The molecule has 9 heteroatoms. The third-order valence-corrected chi connectivity index (χ3v) is 8.37. The summed E-state index contributed by atoms with van der Waals surface area (Å²) in [6.07, 6.45) is 49.2. The third-order valence-electron chi connectivity index (χ3n) is 8.37. The zero-order valence-electron chi connectivity index (χ0n) is 33.4. The first-order valence-corrected chi connectivity index (χ1v) is 20.5. The smallest absolute Gasteiger partial charge is 0.328 e. The quantitative estimate of drug-likeness (QED) is 0.0287. The summed E-state index contributed by atoms with van der Waals surface area (Å²) in [5.74, 6) is -2.47. The van der Waals surface area contributed by atoms with Gasteiger partial charge in [0.05, 0.1) is 13.2 Å². The summed E-state index contributed by atoms with van der Waals surface area (Å²) < 4.78 is 5.86. The Morgan fingerprint density at radius 2 is 1.06 bits per heavy atom. The van der Waals surface area contributed by atoms with Crippen molar-refractivity contribution in [3.8, 4) is 0 Å². The number of aliphatic hydroxyl groups is 1. The van der Waals surface area contributed by atoms with E-state index in [4.69, 9.17) is 14.9 Å². The predicted molar refractivity (Wildman–Crippen MR) is 222 cm³/mol. The summed E-state index contributed by atoms with van der Waals surface area (Å²) in [5.41, 5.74) is 0. The molecule has 0 rings (SSSR count). The Bertz CT molecular complexity index is 1180. The summed E-state index contributed by atoms with van der Waals surface area (Å²) in [6.45, 7) is 3.19. The number of aliphatic hydroxyl groups excluding tert-OH is 1. The van der Waals surface area contributed by atoms with Crippen molar-refractivity contribution >= 4 is 23.8 Å². The van der Waals surface area contributed by atoms with Crippen molar-refractivity contribution in [1.29, 1.82) is 0 Å². The lowest BCUT2D eigenvalue weighted by molar-refractivity contribution is -0.147. The largest absolute Gasteiger partial charge is 0.480 e. The van der Waals surface area contributed by atoms with E-state index in [2.05, 4.69) is 103 Å².